The van der Waals surface area contributed by atoms with E-state index in [1.807, 2.05) is 6.20 Å². The maximum absolute atomic E-state index is 4.87. The van der Waals surface area contributed by atoms with Crippen molar-refractivity contribution in [1.29, 1.82) is 0 Å². The molecule has 3 rings (SSSR count). The highest BCUT2D eigenvalue weighted by Gasteiger charge is 2.18. The molecule has 0 spiro atoms. The molecule has 3 heterocycles. The fourth-order valence-electron chi connectivity index (χ4n) is 2.85. The third kappa shape index (κ3) is 2.87. The SMILES string of the molecule is CCN1CCc2ncc(N3CCNCC3)nc2CC1. The monoisotopic (exact) mass is 261 g/mol. The molecule has 0 aliphatic carbocycles. The fraction of sp³-hybridized carbons (Fsp3) is 0.714. The van der Waals surface area contributed by atoms with E-state index in [9.17, 15) is 0 Å². The van der Waals surface area contributed by atoms with Gasteiger partial charge in [0.05, 0.1) is 17.6 Å². The first-order chi connectivity index (χ1) is 9.36. The Morgan fingerprint density at radius 2 is 1.84 bits per heavy atom. The number of fused-ring (bicyclic) bond motifs is 1. The van der Waals surface area contributed by atoms with Crippen LogP contribution >= 0.6 is 0 Å². The number of likely N-dealkylation sites (N-methyl/N-ethyl adjacent to an activating group) is 1. The summed E-state index contributed by atoms with van der Waals surface area (Å²) >= 11 is 0. The molecule has 1 aromatic heterocycles. The van der Waals surface area contributed by atoms with Crippen LogP contribution in [0.2, 0.25) is 0 Å². The third-order valence-corrected chi connectivity index (χ3v) is 4.14. The van der Waals surface area contributed by atoms with Gasteiger partial charge in [0.2, 0.25) is 0 Å². The normalized spacial score (nSPS) is 21.0. The number of piperazine rings is 1. The molecule has 2 aliphatic rings. The van der Waals surface area contributed by atoms with Gasteiger partial charge in [-0.05, 0) is 6.54 Å². The average molecular weight is 261 g/mol. The second-order valence-electron chi connectivity index (χ2n) is 5.29. The van der Waals surface area contributed by atoms with Crippen molar-refractivity contribution in [3.05, 3.63) is 17.6 Å². The highest BCUT2D eigenvalue weighted by molar-refractivity contribution is 5.38. The van der Waals surface area contributed by atoms with Gasteiger partial charge in [-0.2, -0.15) is 0 Å². The zero-order chi connectivity index (χ0) is 13.1. The summed E-state index contributed by atoms with van der Waals surface area (Å²) in [6, 6.07) is 0. The molecule has 0 bridgehead atoms. The topological polar surface area (TPSA) is 44.3 Å². The quantitative estimate of drug-likeness (QED) is 0.830. The smallest absolute Gasteiger partial charge is 0.147 e. The second-order valence-corrected chi connectivity index (χ2v) is 5.29. The predicted molar refractivity (Wildman–Crippen MR) is 76.6 cm³/mol. The van der Waals surface area contributed by atoms with Crippen molar-refractivity contribution < 1.29 is 0 Å². The molecule has 0 aromatic carbocycles. The Balaban J connectivity index is 1.77. The van der Waals surface area contributed by atoms with Crippen molar-refractivity contribution in [3.63, 3.8) is 0 Å². The van der Waals surface area contributed by atoms with Gasteiger partial charge in [-0.15, -0.1) is 0 Å². The number of hydrogen-bond donors (Lipinski definition) is 1. The zero-order valence-corrected chi connectivity index (χ0v) is 11.7. The molecule has 1 N–H and O–H groups in total. The second kappa shape index (κ2) is 5.84. The largest absolute Gasteiger partial charge is 0.353 e. The summed E-state index contributed by atoms with van der Waals surface area (Å²) < 4.78 is 0. The van der Waals surface area contributed by atoms with Crippen molar-refractivity contribution in [1.82, 2.24) is 20.2 Å². The lowest BCUT2D eigenvalue weighted by Crippen LogP contribution is -2.44. The van der Waals surface area contributed by atoms with Crippen LogP contribution in [0.15, 0.2) is 6.20 Å². The van der Waals surface area contributed by atoms with Crippen molar-refractivity contribution in [2.24, 2.45) is 0 Å². The van der Waals surface area contributed by atoms with Crippen LogP contribution < -0.4 is 10.2 Å². The van der Waals surface area contributed by atoms with Crippen LogP contribution in [-0.2, 0) is 12.8 Å². The van der Waals surface area contributed by atoms with Gasteiger partial charge in [-0.3, -0.25) is 4.98 Å². The van der Waals surface area contributed by atoms with E-state index in [0.29, 0.717) is 0 Å². The minimum absolute atomic E-state index is 1.04. The van der Waals surface area contributed by atoms with Crippen LogP contribution in [-0.4, -0.2) is 60.7 Å². The van der Waals surface area contributed by atoms with Crippen LogP contribution in [0.5, 0.6) is 0 Å². The maximum atomic E-state index is 4.87. The number of nitrogens with zero attached hydrogens (tertiary/aromatic N) is 4. The Labute approximate surface area is 115 Å². The first kappa shape index (κ1) is 12.8. The molecular formula is C14H23N5. The van der Waals surface area contributed by atoms with E-state index in [4.69, 9.17) is 4.98 Å². The van der Waals surface area contributed by atoms with Crippen LogP contribution in [0.4, 0.5) is 5.82 Å². The number of nitrogens with one attached hydrogen (secondary N) is 1. The first-order valence-electron chi connectivity index (χ1n) is 7.39. The Morgan fingerprint density at radius 3 is 2.58 bits per heavy atom. The van der Waals surface area contributed by atoms with E-state index in [0.717, 1.165) is 64.5 Å². The minimum atomic E-state index is 1.04. The highest BCUT2D eigenvalue weighted by atomic mass is 15.2. The van der Waals surface area contributed by atoms with E-state index in [2.05, 4.69) is 27.0 Å². The summed E-state index contributed by atoms with van der Waals surface area (Å²) in [5, 5.41) is 3.37. The highest BCUT2D eigenvalue weighted by Crippen LogP contribution is 2.17. The van der Waals surface area contributed by atoms with Crippen molar-refractivity contribution in [2.45, 2.75) is 19.8 Å². The minimum Gasteiger partial charge on any atom is -0.353 e. The Hall–Kier alpha value is -1.20. The van der Waals surface area contributed by atoms with Gasteiger partial charge in [0.1, 0.15) is 5.82 Å². The molecule has 1 saturated heterocycles. The van der Waals surface area contributed by atoms with Crippen LogP contribution in [0, 0.1) is 0 Å². The summed E-state index contributed by atoms with van der Waals surface area (Å²) in [4.78, 5) is 14.4. The summed E-state index contributed by atoms with van der Waals surface area (Å²) in [7, 11) is 0. The van der Waals surface area contributed by atoms with Crippen LogP contribution in [0.1, 0.15) is 18.3 Å². The number of anilines is 1. The lowest BCUT2D eigenvalue weighted by molar-refractivity contribution is 0.302. The number of rotatable bonds is 2. The molecule has 5 heteroatoms. The van der Waals surface area contributed by atoms with E-state index < -0.39 is 0 Å². The Bertz CT molecular complexity index is 428. The Kier molecular flexibility index (Phi) is 3.94. The maximum Gasteiger partial charge on any atom is 0.147 e. The van der Waals surface area contributed by atoms with Gasteiger partial charge < -0.3 is 15.1 Å². The van der Waals surface area contributed by atoms with E-state index in [1.54, 1.807) is 0 Å². The molecular weight excluding hydrogens is 238 g/mol. The van der Waals surface area contributed by atoms with Crippen LogP contribution in [0.3, 0.4) is 0 Å². The van der Waals surface area contributed by atoms with Gasteiger partial charge >= 0.3 is 0 Å². The molecule has 0 radical (unpaired) electrons. The third-order valence-electron chi connectivity index (χ3n) is 4.14. The van der Waals surface area contributed by atoms with E-state index >= 15 is 0 Å². The van der Waals surface area contributed by atoms with Crippen molar-refractivity contribution in [2.75, 3.05) is 50.7 Å². The molecule has 1 fully saturated rings. The summed E-state index contributed by atoms with van der Waals surface area (Å²) in [6.07, 6.45) is 4.04. The lowest BCUT2D eigenvalue weighted by Gasteiger charge is -2.28. The Morgan fingerprint density at radius 1 is 1.11 bits per heavy atom. The molecule has 1 aromatic rings. The molecule has 0 unspecified atom stereocenters. The van der Waals surface area contributed by atoms with Gasteiger partial charge in [0.25, 0.3) is 0 Å². The summed E-state index contributed by atoms with van der Waals surface area (Å²) in [5.74, 6) is 1.06. The molecule has 0 saturated carbocycles. The fourth-order valence-corrected chi connectivity index (χ4v) is 2.85. The summed E-state index contributed by atoms with van der Waals surface area (Å²) in [6.45, 7) is 9.74. The molecule has 2 aliphatic heterocycles. The average Bonchev–Trinajstić information content (AvgIpc) is 2.69. The molecule has 104 valence electrons. The van der Waals surface area contributed by atoms with Gasteiger partial charge in [-0.1, -0.05) is 6.92 Å². The van der Waals surface area contributed by atoms with Gasteiger partial charge in [0, 0.05) is 52.1 Å². The zero-order valence-electron chi connectivity index (χ0n) is 11.7. The van der Waals surface area contributed by atoms with E-state index in [1.165, 1.54) is 11.4 Å². The first-order valence-corrected chi connectivity index (χ1v) is 7.39. The van der Waals surface area contributed by atoms with Crippen LogP contribution in [0.25, 0.3) is 0 Å². The molecule has 5 nitrogen and oxygen atoms in total. The number of aromatic nitrogens is 2. The van der Waals surface area contributed by atoms with Gasteiger partial charge in [-0.25, -0.2) is 4.98 Å². The molecule has 0 amide bonds. The predicted octanol–water partition coefficient (Wildman–Crippen LogP) is 0.307. The van der Waals surface area contributed by atoms with Gasteiger partial charge in [0.15, 0.2) is 0 Å². The van der Waals surface area contributed by atoms with Crippen molar-refractivity contribution >= 4 is 5.82 Å². The molecule has 19 heavy (non-hydrogen) atoms. The lowest BCUT2D eigenvalue weighted by atomic mass is 10.2. The number of hydrogen-bond acceptors (Lipinski definition) is 5. The standard InChI is InChI=1S/C14H23N5/c1-2-18-7-3-12-13(4-8-18)17-14(11-16-12)19-9-5-15-6-10-19/h11,15H,2-10H2,1H3. The van der Waals surface area contributed by atoms with E-state index in [-0.39, 0.29) is 0 Å². The molecule has 0 atom stereocenters. The summed E-state index contributed by atoms with van der Waals surface area (Å²) in [5.41, 5.74) is 2.42. The van der Waals surface area contributed by atoms with Crippen molar-refractivity contribution in [3.8, 4) is 0 Å².